The van der Waals surface area contributed by atoms with E-state index >= 15 is 0 Å². The van der Waals surface area contributed by atoms with Crippen molar-refractivity contribution in [2.24, 2.45) is 0 Å². The van der Waals surface area contributed by atoms with Gasteiger partial charge in [0.25, 0.3) is 0 Å². The number of nitrogens with zero attached hydrogens (tertiary/aromatic N) is 2. The summed E-state index contributed by atoms with van der Waals surface area (Å²) >= 11 is 0. The van der Waals surface area contributed by atoms with Crippen molar-refractivity contribution in [3.63, 3.8) is 0 Å². The molecule has 1 aromatic carbocycles. The van der Waals surface area contributed by atoms with E-state index in [0.29, 0.717) is 19.0 Å². The Labute approximate surface area is 116 Å². The molecular formula is C15H14FN3O. The molecular weight excluding hydrogens is 257 g/mol. The second kappa shape index (κ2) is 6.64. The van der Waals surface area contributed by atoms with Gasteiger partial charge in [-0.3, -0.25) is 0 Å². The molecule has 5 heteroatoms. The van der Waals surface area contributed by atoms with Crippen LogP contribution in [0.25, 0.3) is 0 Å². The van der Waals surface area contributed by atoms with E-state index in [1.165, 1.54) is 6.07 Å². The van der Waals surface area contributed by atoms with Crippen molar-refractivity contribution in [1.29, 1.82) is 5.26 Å². The summed E-state index contributed by atoms with van der Waals surface area (Å²) in [6.07, 6.45) is 1.68. The van der Waals surface area contributed by atoms with Crippen molar-refractivity contribution >= 4 is 0 Å². The van der Waals surface area contributed by atoms with Crippen LogP contribution in [0.15, 0.2) is 36.5 Å². The van der Waals surface area contributed by atoms with Crippen LogP contribution in [0.1, 0.15) is 16.7 Å². The molecule has 0 aliphatic carbocycles. The van der Waals surface area contributed by atoms with Gasteiger partial charge in [0, 0.05) is 25.4 Å². The van der Waals surface area contributed by atoms with Crippen LogP contribution < -0.4 is 10.1 Å². The zero-order chi connectivity index (χ0) is 14.4. The van der Waals surface area contributed by atoms with Gasteiger partial charge in [0.05, 0.1) is 12.7 Å². The van der Waals surface area contributed by atoms with Crippen molar-refractivity contribution in [2.75, 3.05) is 7.11 Å². The Morgan fingerprint density at radius 3 is 2.70 bits per heavy atom. The number of halogens is 1. The predicted octanol–water partition coefficient (Wildman–Crippen LogP) is 2.39. The Hall–Kier alpha value is -2.45. The van der Waals surface area contributed by atoms with Gasteiger partial charge in [-0.25, -0.2) is 9.37 Å². The number of nitrogens with one attached hydrogen (secondary N) is 1. The van der Waals surface area contributed by atoms with Gasteiger partial charge < -0.3 is 10.1 Å². The largest absolute Gasteiger partial charge is 0.481 e. The third-order valence-electron chi connectivity index (χ3n) is 2.82. The third-order valence-corrected chi connectivity index (χ3v) is 2.82. The Balaban J connectivity index is 1.94. The zero-order valence-corrected chi connectivity index (χ0v) is 11.1. The topological polar surface area (TPSA) is 57.9 Å². The summed E-state index contributed by atoms with van der Waals surface area (Å²) in [4.78, 5) is 4.03. The maximum absolute atomic E-state index is 13.2. The van der Waals surface area contributed by atoms with Gasteiger partial charge in [-0.1, -0.05) is 6.07 Å². The highest BCUT2D eigenvalue weighted by molar-refractivity contribution is 5.34. The van der Waals surface area contributed by atoms with Crippen LogP contribution in [0.5, 0.6) is 5.88 Å². The molecule has 4 nitrogen and oxygen atoms in total. The van der Waals surface area contributed by atoms with Crippen LogP contribution in [0, 0.1) is 17.1 Å². The first-order chi connectivity index (χ1) is 9.72. The minimum Gasteiger partial charge on any atom is -0.481 e. The zero-order valence-electron chi connectivity index (χ0n) is 11.1. The summed E-state index contributed by atoms with van der Waals surface area (Å²) in [6.45, 7) is 1.19. The lowest BCUT2D eigenvalue weighted by molar-refractivity contribution is 0.397. The summed E-state index contributed by atoms with van der Waals surface area (Å²) in [5.74, 6) is 0.0768. The van der Waals surface area contributed by atoms with Crippen molar-refractivity contribution < 1.29 is 9.13 Å². The summed E-state index contributed by atoms with van der Waals surface area (Å²) in [6, 6.07) is 10.1. The number of ether oxygens (including phenoxy) is 1. The average molecular weight is 271 g/mol. The molecule has 0 aliphatic rings. The van der Waals surface area contributed by atoms with Crippen LogP contribution in [-0.2, 0) is 13.1 Å². The van der Waals surface area contributed by atoms with Crippen LogP contribution in [0.2, 0.25) is 0 Å². The third kappa shape index (κ3) is 3.53. The first-order valence-corrected chi connectivity index (χ1v) is 6.11. The van der Waals surface area contributed by atoms with E-state index < -0.39 is 5.82 Å². The van der Waals surface area contributed by atoms with Gasteiger partial charge in [0.1, 0.15) is 11.9 Å². The fourth-order valence-corrected chi connectivity index (χ4v) is 1.79. The molecule has 1 N–H and O–H groups in total. The lowest BCUT2D eigenvalue weighted by atomic mass is 10.1. The first kappa shape index (κ1) is 14.0. The Kier molecular flexibility index (Phi) is 4.64. The van der Waals surface area contributed by atoms with Gasteiger partial charge in [0.15, 0.2) is 0 Å². The number of benzene rings is 1. The molecule has 20 heavy (non-hydrogen) atoms. The fraction of sp³-hybridized carbons (Fsp3) is 0.200. The second-order valence-electron chi connectivity index (χ2n) is 4.24. The van der Waals surface area contributed by atoms with Gasteiger partial charge >= 0.3 is 0 Å². The molecule has 0 radical (unpaired) electrons. The van der Waals surface area contributed by atoms with Gasteiger partial charge in [-0.05, 0) is 29.3 Å². The van der Waals surface area contributed by atoms with Crippen molar-refractivity contribution in [3.8, 4) is 11.9 Å². The number of hydrogen-bond acceptors (Lipinski definition) is 4. The number of rotatable bonds is 5. The monoisotopic (exact) mass is 271 g/mol. The first-order valence-electron chi connectivity index (χ1n) is 6.11. The number of hydrogen-bond donors (Lipinski definition) is 1. The van der Waals surface area contributed by atoms with Gasteiger partial charge in [0.2, 0.25) is 5.88 Å². The molecule has 0 fully saturated rings. The van der Waals surface area contributed by atoms with Crippen molar-refractivity contribution in [3.05, 3.63) is 59.0 Å². The minimum absolute atomic E-state index is 0.0647. The highest BCUT2D eigenvalue weighted by Gasteiger charge is 2.03. The Morgan fingerprint density at radius 1 is 1.25 bits per heavy atom. The number of nitriles is 1. The number of pyridine rings is 1. The van der Waals surface area contributed by atoms with E-state index in [2.05, 4.69) is 10.3 Å². The normalized spacial score (nSPS) is 10.1. The van der Waals surface area contributed by atoms with Crippen LogP contribution >= 0.6 is 0 Å². The highest BCUT2D eigenvalue weighted by atomic mass is 19.1. The Bertz CT molecular complexity index is 637. The molecule has 0 atom stereocenters. The molecule has 0 unspecified atom stereocenters. The summed E-state index contributed by atoms with van der Waals surface area (Å²) in [5.41, 5.74) is 1.97. The summed E-state index contributed by atoms with van der Waals surface area (Å²) < 4.78 is 18.2. The van der Waals surface area contributed by atoms with E-state index in [1.807, 2.05) is 18.2 Å². The van der Waals surface area contributed by atoms with E-state index in [4.69, 9.17) is 10.00 Å². The van der Waals surface area contributed by atoms with Crippen molar-refractivity contribution in [1.82, 2.24) is 10.3 Å². The molecule has 0 saturated heterocycles. The molecule has 0 saturated carbocycles. The van der Waals surface area contributed by atoms with Crippen LogP contribution in [-0.4, -0.2) is 12.1 Å². The highest BCUT2D eigenvalue weighted by Crippen LogP contribution is 2.11. The van der Waals surface area contributed by atoms with Crippen molar-refractivity contribution in [2.45, 2.75) is 13.1 Å². The predicted molar refractivity (Wildman–Crippen MR) is 72.4 cm³/mol. The second-order valence-corrected chi connectivity index (χ2v) is 4.24. The molecule has 2 rings (SSSR count). The lowest BCUT2D eigenvalue weighted by Gasteiger charge is -2.07. The average Bonchev–Trinajstić information content (AvgIpc) is 2.49. The quantitative estimate of drug-likeness (QED) is 0.907. The van der Waals surface area contributed by atoms with E-state index in [0.717, 1.165) is 11.1 Å². The molecule has 102 valence electrons. The van der Waals surface area contributed by atoms with Crippen LogP contribution in [0.4, 0.5) is 4.39 Å². The molecule has 0 aliphatic heterocycles. The van der Waals surface area contributed by atoms with Crippen LogP contribution in [0.3, 0.4) is 0 Å². The summed E-state index contributed by atoms with van der Waals surface area (Å²) in [7, 11) is 1.57. The maximum atomic E-state index is 13.2. The number of aromatic nitrogens is 1. The molecule has 0 spiro atoms. The van der Waals surface area contributed by atoms with E-state index in [9.17, 15) is 4.39 Å². The lowest BCUT2D eigenvalue weighted by Crippen LogP contribution is -2.13. The fourth-order valence-electron chi connectivity index (χ4n) is 1.79. The van der Waals surface area contributed by atoms with E-state index in [-0.39, 0.29) is 5.56 Å². The standard InChI is InChI=1S/C15H14FN3O/c1-20-15-7-12(4-5-19-15)10-18-9-11-2-3-14(16)13(6-11)8-17/h2-7,18H,9-10H2,1H3. The molecule has 2 aromatic rings. The molecule has 1 aromatic heterocycles. The number of methoxy groups -OCH3 is 1. The van der Waals surface area contributed by atoms with Gasteiger partial charge in [-0.15, -0.1) is 0 Å². The smallest absolute Gasteiger partial charge is 0.213 e. The summed E-state index contributed by atoms with van der Waals surface area (Å²) in [5, 5.41) is 12.0. The minimum atomic E-state index is -0.491. The maximum Gasteiger partial charge on any atom is 0.213 e. The SMILES string of the molecule is COc1cc(CNCc2ccc(F)c(C#N)c2)ccn1. The van der Waals surface area contributed by atoms with E-state index in [1.54, 1.807) is 25.4 Å². The van der Waals surface area contributed by atoms with Gasteiger partial charge in [-0.2, -0.15) is 5.26 Å². The molecule has 1 heterocycles. The molecule has 0 amide bonds. The Morgan fingerprint density at radius 2 is 2.00 bits per heavy atom. The molecule has 0 bridgehead atoms.